The third-order valence-corrected chi connectivity index (χ3v) is 7.55. The lowest BCUT2D eigenvalue weighted by Crippen LogP contribution is -2.24. The van der Waals surface area contributed by atoms with Crippen molar-refractivity contribution in [2.75, 3.05) is 5.73 Å². The molecule has 0 aliphatic heterocycles. The maximum Gasteiger partial charge on any atom is 0.224 e. The number of hydrogen-bond donors (Lipinski definition) is 3. The number of aromatic nitrogens is 4. The van der Waals surface area contributed by atoms with Crippen LogP contribution in [0.15, 0.2) is 90.9 Å². The van der Waals surface area contributed by atoms with Crippen molar-refractivity contribution in [3.05, 3.63) is 103 Å². The van der Waals surface area contributed by atoms with Crippen LogP contribution in [-0.2, 0) is 17.8 Å². The maximum absolute atomic E-state index is 12.6. The van der Waals surface area contributed by atoms with Gasteiger partial charge in [-0.05, 0) is 68.5 Å². The molecule has 1 aliphatic rings. The molecule has 1 fully saturated rings. The summed E-state index contributed by atoms with van der Waals surface area (Å²) in [6.45, 7) is 9.42. The van der Waals surface area contributed by atoms with Crippen LogP contribution in [0.25, 0.3) is 28.4 Å². The summed E-state index contributed by atoms with van der Waals surface area (Å²) < 4.78 is 1.95. The van der Waals surface area contributed by atoms with Gasteiger partial charge in [0, 0.05) is 18.3 Å². The van der Waals surface area contributed by atoms with Gasteiger partial charge in [0.15, 0.2) is 5.65 Å². The number of carbonyl (C=O) groups is 1. The van der Waals surface area contributed by atoms with E-state index in [4.69, 9.17) is 10.8 Å². The quantitative estimate of drug-likeness (QED) is 0.148. The lowest BCUT2D eigenvalue weighted by molar-refractivity contribution is -0.120. The lowest BCUT2D eigenvalue weighted by atomic mass is 9.93. The molecule has 5 rings (SSSR count). The third kappa shape index (κ3) is 8.35. The Kier molecular flexibility index (Phi) is 11.7. The number of aliphatic imine (C=N–C) groups is 1. The Bertz CT molecular complexity index is 1610. The Morgan fingerprint density at radius 1 is 1.14 bits per heavy atom. The van der Waals surface area contributed by atoms with Crippen LogP contribution in [0, 0.1) is 0 Å². The van der Waals surface area contributed by atoms with Crippen molar-refractivity contribution < 1.29 is 9.90 Å². The van der Waals surface area contributed by atoms with Crippen LogP contribution < -0.4 is 11.1 Å². The number of benzene rings is 2. The van der Waals surface area contributed by atoms with Gasteiger partial charge >= 0.3 is 0 Å². The van der Waals surface area contributed by atoms with E-state index in [1.165, 1.54) is 6.33 Å². The number of amides is 1. The molecule has 9 nitrogen and oxygen atoms in total. The molecular weight excluding hydrogens is 550 g/mol. The number of nitrogen functional groups attached to an aromatic ring is 1. The van der Waals surface area contributed by atoms with E-state index in [2.05, 4.69) is 39.6 Å². The van der Waals surface area contributed by atoms with E-state index >= 15 is 0 Å². The molecule has 2 heterocycles. The van der Waals surface area contributed by atoms with E-state index in [0.717, 1.165) is 65.4 Å². The summed E-state index contributed by atoms with van der Waals surface area (Å²) in [7, 11) is 0. The second-order valence-corrected chi connectivity index (χ2v) is 10.7. The zero-order valence-corrected chi connectivity index (χ0v) is 25.3. The number of aliphatic hydroxyl groups excluding tert-OH is 1. The number of rotatable bonds is 10. The van der Waals surface area contributed by atoms with Crippen LogP contribution in [-0.4, -0.2) is 43.6 Å². The molecule has 44 heavy (non-hydrogen) atoms. The summed E-state index contributed by atoms with van der Waals surface area (Å²) in [6, 6.07) is 15.8. The first-order chi connectivity index (χ1) is 21.4. The smallest absolute Gasteiger partial charge is 0.224 e. The zero-order chi connectivity index (χ0) is 31.3. The Morgan fingerprint density at radius 3 is 2.57 bits per heavy atom. The molecule has 0 bridgehead atoms. The van der Waals surface area contributed by atoms with Crippen molar-refractivity contribution in [1.29, 1.82) is 0 Å². The van der Waals surface area contributed by atoms with Crippen molar-refractivity contribution in [2.24, 2.45) is 4.99 Å². The van der Waals surface area contributed by atoms with Gasteiger partial charge < -0.3 is 16.2 Å². The minimum absolute atomic E-state index is 0.0613. The molecule has 0 radical (unpaired) electrons. The summed E-state index contributed by atoms with van der Waals surface area (Å²) in [4.78, 5) is 25.1. The zero-order valence-electron chi connectivity index (χ0n) is 25.3. The monoisotopic (exact) mass is 591 g/mol. The summed E-state index contributed by atoms with van der Waals surface area (Å²) in [6.07, 6.45) is 15.1. The average molecular weight is 592 g/mol. The Balaban J connectivity index is 0.000000670. The van der Waals surface area contributed by atoms with Crippen LogP contribution in [0.5, 0.6) is 0 Å². The molecule has 9 heteroatoms. The fraction of sp³-hybridized carbons (Fsp3) is 0.286. The van der Waals surface area contributed by atoms with Gasteiger partial charge in [0.05, 0.1) is 24.0 Å². The van der Waals surface area contributed by atoms with Gasteiger partial charge in [0.25, 0.3) is 0 Å². The summed E-state index contributed by atoms with van der Waals surface area (Å²) in [5.74, 6) is 0.330. The van der Waals surface area contributed by atoms with E-state index in [0.29, 0.717) is 18.0 Å². The number of fused-ring (bicyclic) bond motifs is 1. The molecule has 0 unspecified atom stereocenters. The number of allylic oxidation sites excluding steroid dienone is 3. The van der Waals surface area contributed by atoms with E-state index in [1.54, 1.807) is 6.20 Å². The molecule has 1 aliphatic carbocycles. The topological polar surface area (TPSA) is 131 Å². The summed E-state index contributed by atoms with van der Waals surface area (Å²) >= 11 is 0. The van der Waals surface area contributed by atoms with Crippen LogP contribution >= 0.6 is 0 Å². The highest BCUT2D eigenvalue weighted by atomic mass is 16.3. The number of anilines is 1. The van der Waals surface area contributed by atoms with Crippen LogP contribution in [0.4, 0.5) is 5.82 Å². The SMILES string of the molecule is C=CC/C=C\C.C=N/C=C\c1ccccc1CC(=O)NCc1ccc(-c2nn(C3CCC(O)CC3)c3ncnc(N)c23)cc1. The molecule has 2 aromatic heterocycles. The summed E-state index contributed by atoms with van der Waals surface area (Å²) in [5.41, 5.74) is 11.5. The molecule has 1 saturated carbocycles. The van der Waals surface area contributed by atoms with Crippen molar-refractivity contribution in [2.45, 2.75) is 64.1 Å². The van der Waals surface area contributed by atoms with E-state index in [9.17, 15) is 9.90 Å². The molecule has 0 atom stereocenters. The number of hydrogen-bond acceptors (Lipinski definition) is 7. The van der Waals surface area contributed by atoms with Crippen molar-refractivity contribution in [3.63, 3.8) is 0 Å². The van der Waals surface area contributed by atoms with Gasteiger partial charge in [-0.15, -0.1) is 6.58 Å². The van der Waals surface area contributed by atoms with E-state index in [1.807, 2.05) is 78.4 Å². The molecule has 4 N–H and O–H groups in total. The lowest BCUT2D eigenvalue weighted by Gasteiger charge is -2.25. The Labute approximate surface area is 259 Å². The summed E-state index contributed by atoms with van der Waals surface area (Å²) in [5, 5.41) is 18.6. The number of aliphatic hydroxyl groups is 1. The van der Waals surface area contributed by atoms with Gasteiger partial charge in [-0.25, -0.2) is 14.6 Å². The Hall–Kier alpha value is -4.89. The van der Waals surface area contributed by atoms with Crippen LogP contribution in [0.3, 0.4) is 0 Å². The van der Waals surface area contributed by atoms with Gasteiger partial charge in [0.1, 0.15) is 17.8 Å². The second-order valence-electron chi connectivity index (χ2n) is 10.7. The fourth-order valence-corrected chi connectivity index (χ4v) is 5.19. The first-order valence-electron chi connectivity index (χ1n) is 14.9. The first kappa shape index (κ1) is 32.0. The standard InChI is InChI=1S/C29H31N7O2.C6H10/c1-31-15-14-20-4-2-3-5-22(20)16-25(38)32-17-19-6-8-21(9-7-19)27-26-28(30)33-18-34-29(26)36(35-27)23-10-12-24(37)13-11-23;1-3-5-6-4-2/h2-9,14-15,18,23-24,37H,1,10-13,16-17H2,(H,32,38)(H2,30,33,34);3-4,6H,1,5H2,2H3/b15-14-;6-4-. The third-order valence-electron chi connectivity index (χ3n) is 7.55. The van der Waals surface area contributed by atoms with Crippen LogP contribution in [0.2, 0.25) is 0 Å². The molecule has 0 spiro atoms. The number of carbonyl (C=O) groups excluding carboxylic acids is 1. The van der Waals surface area contributed by atoms with Crippen molar-refractivity contribution >= 4 is 35.6 Å². The average Bonchev–Trinajstić information content (AvgIpc) is 3.44. The highest BCUT2D eigenvalue weighted by Crippen LogP contribution is 2.35. The van der Waals surface area contributed by atoms with E-state index < -0.39 is 0 Å². The van der Waals surface area contributed by atoms with E-state index in [-0.39, 0.29) is 24.5 Å². The molecule has 228 valence electrons. The molecule has 4 aromatic rings. The van der Waals surface area contributed by atoms with Gasteiger partial charge in [-0.2, -0.15) is 5.10 Å². The predicted octanol–water partition coefficient (Wildman–Crippen LogP) is 6.22. The minimum atomic E-state index is -0.249. The van der Waals surface area contributed by atoms with Crippen LogP contribution in [0.1, 0.15) is 61.8 Å². The van der Waals surface area contributed by atoms with Crippen molar-refractivity contribution in [3.8, 4) is 11.3 Å². The number of nitrogens with one attached hydrogen (secondary N) is 1. The van der Waals surface area contributed by atoms with Gasteiger partial charge in [-0.3, -0.25) is 9.79 Å². The maximum atomic E-state index is 12.6. The van der Waals surface area contributed by atoms with Gasteiger partial charge in [-0.1, -0.05) is 66.8 Å². The first-order valence-corrected chi connectivity index (χ1v) is 14.9. The fourth-order valence-electron chi connectivity index (χ4n) is 5.19. The molecule has 0 saturated heterocycles. The predicted molar refractivity (Wildman–Crippen MR) is 179 cm³/mol. The molecule has 2 aromatic carbocycles. The van der Waals surface area contributed by atoms with Gasteiger partial charge in [0.2, 0.25) is 5.91 Å². The number of nitrogens with two attached hydrogens (primary N) is 1. The largest absolute Gasteiger partial charge is 0.393 e. The molecule has 1 amide bonds. The minimum Gasteiger partial charge on any atom is -0.393 e. The highest BCUT2D eigenvalue weighted by molar-refractivity contribution is 5.98. The second kappa shape index (κ2) is 16.1. The van der Waals surface area contributed by atoms with Crippen molar-refractivity contribution in [1.82, 2.24) is 25.1 Å². The highest BCUT2D eigenvalue weighted by Gasteiger charge is 2.26. The number of nitrogens with zero attached hydrogens (tertiary/aromatic N) is 5. The normalized spacial score (nSPS) is 16.5. The Morgan fingerprint density at radius 2 is 1.89 bits per heavy atom. The molecular formula is C35H41N7O2.